The first-order valence-electron chi connectivity index (χ1n) is 2.77. The molecule has 46 valence electrons. The Morgan fingerprint density at radius 2 is 2.67 bits per heavy atom. The Labute approximate surface area is 52.6 Å². The van der Waals surface area contributed by atoms with E-state index in [-0.39, 0.29) is 0 Å². The van der Waals surface area contributed by atoms with E-state index in [2.05, 4.69) is 5.10 Å². The largest absolute Gasteiger partial charge is 0.475 e. The van der Waals surface area contributed by atoms with Crippen LogP contribution in [0.4, 0.5) is 0 Å². The van der Waals surface area contributed by atoms with Gasteiger partial charge < -0.3 is 4.74 Å². The van der Waals surface area contributed by atoms with Crippen LogP contribution in [-0.4, -0.2) is 11.1 Å². The predicted octanol–water partition coefficient (Wildman–Crippen LogP) is 0.810. The maximum atomic E-state index is 4.94. The molecule has 0 spiro atoms. The van der Waals surface area contributed by atoms with E-state index in [0.29, 0.717) is 6.61 Å². The highest BCUT2D eigenvalue weighted by molar-refractivity contribution is 5.47. The summed E-state index contributed by atoms with van der Waals surface area (Å²) in [6.07, 6.45) is 3.35. The van der Waals surface area contributed by atoms with Gasteiger partial charge in [-0.05, 0) is 12.1 Å². The van der Waals surface area contributed by atoms with Gasteiger partial charge in [-0.2, -0.15) is 0 Å². The van der Waals surface area contributed by atoms with Gasteiger partial charge in [0, 0.05) is 6.20 Å². The lowest BCUT2D eigenvalue weighted by Crippen LogP contribution is -2.04. The Hall–Kier alpha value is -1.25. The summed E-state index contributed by atoms with van der Waals surface area (Å²) in [4.78, 5) is 0. The molecule has 0 aliphatic carbocycles. The zero-order valence-electron chi connectivity index (χ0n) is 4.82. The van der Waals surface area contributed by atoms with Gasteiger partial charge >= 0.3 is 0 Å². The van der Waals surface area contributed by atoms with Crippen molar-refractivity contribution < 1.29 is 4.74 Å². The van der Waals surface area contributed by atoms with E-state index in [9.17, 15) is 0 Å². The topological polar surface area (TPSA) is 26.5 Å². The normalized spacial score (nSPS) is 14.7. The quantitative estimate of drug-likeness (QED) is 0.500. The van der Waals surface area contributed by atoms with Crippen LogP contribution in [0.15, 0.2) is 23.4 Å². The molecule has 0 unspecified atom stereocenters. The van der Waals surface area contributed by atoms with E-state index in [4.69, 9.17) is 4.74 Å². The fourth-order valence-electron chi connectivity index (χ4n) is 0.841. The van der Waals surface area contributed by atoms with E-state index >= 15 is 0 Å². The third kappa shape index (κ3) is 0.614. The van der Waals surface area contributed by atoms with E-state index in [1.54, 1.807) is 4.68 Å². The van der Waals surface area contributed by atoms with Gasteiger partial charge in [-0.15, -0.1) is 5.10 Å². The van der Waals surface area contributed by atoms with E-state index < -0.39 is 0 Å². The van der Waals surface area contributed by atoms with Crippen LogP contribution in [0.2, 0.25) is 0 Å². The Balaban J connectivity index is 2.53. The molecule has 1 aliphatic rings. The van der Waals surface area contributed by atoms with Crippen molar-refractivity contribution in [3.8, 4) is 0 Å². The molecule has 0 fully saturated rings. The lowest BCUT2D eigenvalue weighted by atomic mass is 10.5. The Morgan fingerprint density at radius 3 is 3.56 bits per heavy atom. The zero-order valence-corrected chi connectivity index (χ0v) is 4.82. The van der Waals surface area contributed by atoms with Crippen LogP contribution >= 0.6 is 0 Å². The number of nitrogens with zero attached hydrogens (tertiary/aromatic N) is 2. The van der Waals surface area contributed by atoms with Crippen LogP contribution in [-0.2, 0) is 11.3 Å². The monoisotopic (exact) mass is 122 g/mol. The SMILES string of the molecule is C1=Nn2cccc2CO1. The van der Waals surface area contributed by atoms with Crippen LogP contribution in [0.5, 0.6) is 0 Å². The van der Waals surface area contributed by atoms with Gasteiger partial charge in [-0.25, -0.2) is 4.68 Å². The summed E-state index contributed by atoms with van der Waals surface area (Å²) >= 11 is 0. The maximum Gasteiger partial charge on any atom is 0.193 e. The minimum atomic E-state index is 0.635. The smallest absolute Gasteiger partial charge is 0.193 e. The van der Waals surface area contributed by atoms with E-state index in [1.165, 1.54) is 6.40 Å². The highest BCUT2D eigenvalue weighted by Gasteiger charge is 2.01. The number of ether oxygens (including phenoxy) is 1. The molecule has 0 N–H and O–H groups in total. The first-order chi connectivity index (χ1) is 4.47. The van der Waals surface area contributed by atoms with Gasteiger partial charge in [-0.1, -0.05) is 0 Å². The molecule has 3 heteroatoms. The van der Waals surface area contributed by atoms with Crippen molar-refractivity contribution in [2.45, 2.75) is 6.61 Å². The van der Waals surface area contributed by atoms with Crippen molar-refractivity contribution in [1.29, 1.82) is 0 Å². The second-order valence-corrected chi connectivity index (χ2v) is 1.88. The summed E-state index contributed by atoms with van der Waals surface area (Å²) in [5.41, 5.74) is 1.09. The molecule has 1 aliphatic heterocycles. The molecule has 0 atom stereocenters. The molecular weight excluding hydrogens is 116 g/mol. The second-order valence-electron chi connectivity index (χ2n) is 1.88. The van der Waals surface area contributed by atoms with Gasteiger partial charge in [0.05, 0.1) is 5.69 Å². The van der Waals surface area contributed by atoms with E-state index in [1.807, 2.05) is 18.3 Å². The third-order valence-electron chi connectivity index (χ3n) is 1.29. The lowest BCUT2D eigenvalue weighted by Gasteiger charge is -2.06. The maximum absolute atomic E-state index is 4.94. The summed E-state index contributed by atoms with van der Waals surface area (Å²) in [6.45, 7) is 0.635. The average Bonchev–Trinajstić information content (AvgIpc) is 2.33. The molecule has 0 saturated carbocycles. The number of hydrogen-bond acceptors (Lipinski definition) is 2. The average molecular weight is 122 g/mol. The minimum absolute atomic E-state index is 0.635. The number of fused-ring (bicyclic) bond motifs is 1. The first kappa shape index (κ1) is 4.61. The zero-order chi connectivity index (χ0) is 6.10. The summed E-state index contributed by atoms with van der Waals surface area (Å²) in [7, 11) is 0. The van der Waals surface area contributed by atoms with Crippen molar-refractivity contribution in [2.75, 3.05) is 0 Å². The molecule has 0 aromatic carbocycles. The molecule has 0 radical (unpaired) electrons. The lowest BCUT2D eigenvalue weighted by molar-refractivity contribution is 0.280. The van der Waals surface area contributed by atoms with Gasteiger partial charge in [0.1, 0.15) is 6.61 Å². The van der Waals surface area contributed by atoms with Crippen LogP contribution in [0.1, 0.15) is 5.69 Å². The number of hydrogen-bond donors (Lipinski definition) is 0. The summed E-state index contributed by atoms with van der Waals surface area (Å²) in [5.74, 6) is 0. The van der Waals surface area contributed by atoms with Crippen molar-refractivity contribution in [2.24, 2.45) is 5.10 Å². The molecule has 2 heterocycles. The molecule has 1 aromatic heterocycles. The molecule has 0 bridgehead atoms. The highest BCUT2D eigenvalue weighted by Crippen LogP contribution is 2.05. The molecule has 2 rings (SSSR count). The van der Waals surface area contributed by atoms with Crippen molar-refractivity contribution in [1.82, 2.24) is 4.68 Å². The van der Waals surface area contributed by atoms with Gasteiger partial charge in [0.25, 0.3) is 0 Å². The first-order valence-corrected chi connectivity index (χ1v) is 2.77. The molecule has 9 heavy (non-hydrogen) atoms. The molecule has 0 saturated heterocycles. The van der Waals surface area contributed by atoms with Crippen molar-refractivity contribution >= 4 is 6.40 Å². The number of rotatable bonds is 0. The molecule has 3 nitrogen and oxygen atoms in total. The Kier molecular flexibility index (Phi) is 0.828. The van der Waals surface area contributed by atoms with Crippen LogP contribution < -0.4 is 0 Å². The Morgan fingerprint density at radius 1 is 1.67 bits per heavy atom. The Bertz CT molecular complexity index is 239. The third-order valence-corrected chi connectivity index (χ3v) is 1.29. The summed E-state index contributed by atoms with van der Waals surface area (Å²) in [5, 5.41) is 3.92. The van der Waals surface area contributed by atoms with Gasteiger partial charge in [0.15, 0.2) is 6.40 Å². The van der Waals surface area contributed by atoms with Gasteiger partial charge in [-0.3, -0.25) is 0 Å². The van der Waals surface area contributed by atoms with Gasteiger partial charge in [0.2, 0.25) is 0 Å². The van der Waals surface area contributed by atoms with Crippen LogP contribution in [0.25, 0.3) is 0 Å². The van der Waals surface area contributed by atoms with Crippen molar-refractivity contribution in [3.05, 3.63) is 24.0 Å². The fourth-order valence-corrected chi connectivity index (χ4v) is 0.841. The fraction of sp³-hybridized carbons (Fsp3) is 0.167. The molecule has 0 amide bonds. The number of aromatic nitrogens is 1. The molecular formula is C6H6N2O. The van der Waals surface area contributed by atoms with Crippen LogP contribution in [0, 0.1) is 0 Å². The summed E-state index contributed by atoms with van der Waals surface area (Å²) < 4.78 is 6.74. The summed E-state index contributed by atoms with van der Waals surface area (Å²) in [6, 6.07) is 3.93. The highest BCUT2D eigenvalue weighted by atomic mass is 16.5. The minimum Gasteiger partial charge on any atom is -0.475 e. The standard InChI is InChI=1S/C6H6N2O/c1-2-6-4-9-5-7-8(6)3-1/h1-3,5H,4H2. The van der Waals surface area contributed by atoms with Crippen LogP contribution in [0.3, 0.4) is 0 Å². The predicted molar refractivity (Wildman–Crippen MR) is 33.1 cm³/mol. The van der Waals surface area contributed by atoms with Crippen molar-refractivity contribution in [3.63, 3.8) is 0 Å². The van der Waals surface area contributed by atoms with E-state index in [0.717, 1.165) is 5.69 Å². The molecule has 1 aromatic rings. The second kappa shape index (κ2) is 1.62.